The summed E-state index contributed by atoms with van der Waals surface area (Å²) in [5.41, 5.74) is 2.07. The van der Waals surface area contributed by atoms with Crippen molar-refractivity contribution in [3.63, 3.8) is 0 Å². The average Bonchev–Trinajstić information content (AvgIpc) is 2.89. The highest BCUT2D eigenvalue weighted by Crippen LogP contribution is 2.21. The van der Waals surface area contributed by atoms with Crippen molar-refractivity contribution in [1.29, 1.82) is 0 Å². The Morgan fingerprint density at radius 3 is 2.08 bits per heavy atom. The Labute approximate surface area is 150 Å². The SMILES string of the molecule is CC(=O)Nc1cc(NC(C)=O)cc(C(=O)N(C)Cc2csc(C)n2)c1. The second-order valence-corrected chi connectivity index (χ2v) is 6.74. The van der Waals surface area contributed by atoms with Gasteiger partial charge in [-0.3, -0.25) is 14.4 Å². The van der Waals surface area contributed by atoms with Crippen LogP contribution in [0.15, 0.2) is 23.6 Å². The quantitative estimate of drug-likeness (QED) is 0.857. The maximum absolute atomic E-state index is 12.7. The number of nitrogens with one attached hydrogen (secondary N) is 2. The molecule has 0 unspecified atom stereocenters. The molecule has 2 rings (SSSR count). The van der Waals surface area contributed by atoms with Crippen molar-refractivity contribution in [2.45, 2.75) is 27.3 Å². The third-order valence-electron chi connectivity index (χ3n) is 3.23. The van der Waals surface area contributed by atoms with Crippen molar-refractivity contribution in [2.24, 2.45) is 0 Å². The lowest BCUT2D eigenvalue weighted by molar-refractivity contribution is -0.115. The van der Waals surface area contributed by atoms with E-state index in [1.54, 1.807) is 30.1 Å². The number of thiazole rings is 1. The first-order valence-corrected chi connectivity index (χ1v) is 8.49. The zero-order chi connectivity index (χ0) is 18.6. The fourth-order valence-corrected chi connectivity index (χ4v) is 2.92. The van der Waals surface area contributed by atoms with E-state index in [2.05, 4.69) is 15.6 Å². The molecule has 0 saturated carbocycles. The summed E-state index contributed by atoms with van der Waals surface area (Å²) in [5, 5.41) is 8.12. The van der Waals surface area contributed by atoms with Crippen LogP contribution in [0, 0.1) is 6.92 Å². The molecule has 0 bridgehead atoms. The Morgan fingerprint density at radius 2 is 1.64 bits per heavy atom. The summed E-state index contributed by atoms with van der Waals surface area (Å²) in [7, 11) is 1.68. The monoisotopic (exact) mass is 360 g/mol. The molecule has 0 aliphatic carbocycles. The number of amides is 3. The summed E-state index contributed by atoms with van der Waals surface area (Å²) in [6.07, 6.45) is 0. The lowest BCUT2D eigenvalue weighted by Crippen LogP contribution is -2.26. The molecular weight excluding hydrogens is 340 g/mol. The molecule has 0 radical (unpaired) electrons. The van der Waals surface area contributed by atoms with Crippen LogP contribution in [0.25, 0.3) is 0 Å². The highest BCUT2D eigenvalue weighted by molar-refractivity contribution is 7.09. The van der Waals surface area contributed by atoms with Crippen molar-refractivity contribution < 1.29 is 14.4 Å². The van der Waals surface area contributed by atoms with Gasteiger partial charge in [-0.05, 0) is 25.1 Å². The number of anilines is 2. The fraction of sp³-hybridized carbons (Fsp3) is 0.294. The Bertz CT molecular complexity index is 782. The van der Waals surface area contributed by atoms with Crippen molar-refractivity contribution >= 4 is 40.4 Å². The number of hydrogen-bond acceptors (Lipinski definition) is 5. The van der Waals surface area contributed by atoms with Crippen molar-refractivity contribution in [1.82, 2.24) is 9.88 Å². The van der Waals surface area contributed by atoms with Crippen molar-refractivity contribution in [2.75, 3.05) is 17.7 Å². The van der Waals surface area contributed by atoms with E-state index in [4.69, 9.17) is 0 Å². The van der Waals surface area contributed by atoms with Crippen LogP contribution in [-0.2, 0) is 16.1 Å². The molecule has 2 N–H and O–H groups in total. The van der Waals surface area contributed by atoms with Gasteiger partial charge in [0.2, 0.25) is 11.8 Å². The number of carbonyl (C=O) groups is 3. The molecule has 1 heterocycles. The van der Waals surface area contributed by atoms with E-state index < -0.39 is 0 Å². The fourth-order valence-electron chi connectivity index (χ4n) is 2.32. The summed E-state index contributed by atoms with van der Waals surface area (Å²) in [6, 6.07) is 4.76. The number of benzene rings is 1. The highest BCUT2D eigenvalue weighted by atomic mass is 32.1. The van der Waals surface area contributed by atoms with E-state index in [9.17, 15) is 14.4 Å². The molecular formula is C17H20N4O3S. The number of aryl methyl sites for hydroxylation is 1. The van der Waals surface area contributed by atoms with E-state index >= 15 is 0 Å². The number of hydrogen-bond donors (Lipinski definition) is 2. The van der Waals surface area contributed by atoms with Crippen molar-refractivity contribution in [3.05, 3.63) is 39.8 Å². The predicted octanol–water partition coefficient (Wildman–Crippen LogP) is 2.64. The number of nitrogens with zero attached hydrogens (tertiary/aromatic N) is 2. The molecule has 0 spiro atoms. The minimum Gasteiger partial charge on any atom is -0.336 e. The number of rotatable bonds is 5. The van der Waals surface area contributed by atoms with Gasteiger partial charge >= 0.3 is 0 Å². The highest BCUT2D eigenvalue weighted by Gasteiger charge is 2.16. The minimum absolute atomic E-state index is 0.232. The first-order chi connectivity index (χ1) is 11.7. The summed E-state index contributed by atoms with van der Waals surface area (Å²) < 4.78 is 0. The Hall–Kier alpha value is -2.74. The van der Waals surface area contributed by atoms with E-state index in [1.165, 1.54) is 25.2 Å². The topological polar surface area (TPSA) is 91.4 Å². The van der Waals surface area contributed by atoms with Gasteiger partial charge in [-0.15, -0.1) is 11.3 Å². The molecule has 25 heavy (non-hydrogen) atoms. The Morgan fingerprint density at radius 1 is 1.08 bits per heavy atom. The van der Waals surface area contributed by atoms with Crippen molar-refractivity contribution in [3.8, 4) is 0 Å². The summed E-state index contributed by atoms with van der Waals surface area (Å²) in [4.78, 5) is 41.2. The molecule has 7 nitrogen and oxygen atoms in total. The summed E-state index contributed by atoms with van der Waals surface area (Å²) in [5.74, 6) is -0.751. The van der Waals surface area contributed by atoms with Gasteiger partial charge in [0, 0.05) is 43.2 Å². The van der Waals surface area contributed by atoms with Gasteiger partial charge < -0.3 is 15.5 Å². The van der Waals surface area contributed by atoms with Gasteiger partial charge in [0.25, 0.3) is 5.91 Å². The van der Waals surface area contributed by atoms with Gasteiger partial charge in [-0.25, -0.2) is 4.98 Å². The molecule has 0 atom stereocenters. The lowest BCUT2D eigenvalue weighted by atomic mass is 10.1. The van der Waals surface area contributed by atoms with Crippen LogP contribution in [0.5, 0.6) is 0 Å². The van der Waals surface area contributed by atoms with Crippen LogP contribution in [-0.4, -0.2) is 34.7 Å². The van der Waals surface area contributed by atoms with E-state index in [1.807, 2.05) is 12.3 Å². The molecule has 0 aliphatic rings. The maximum Gasteiger partial charge on any atom is 0.254 e. The van der Waals surface area contributed by atoms with Crippen LogP contribution in [0.3, 0.4) is 0 Å². The maximum atomic E-state index is 12.7. The van der Waals surface area contributed by atoms with Crippen LogP contribution in [0.2, 0.25) is 0 Å². The Kier molecular flexibility index (Phi) is 5.87. The molecule has 0 saturated heterocycles. The van der Waals surface area contributed by atoms with Gasteiger partial charge in [0.1, 0.15) is 0 Å². The molecule has 1 aromatic carbocycles. The normalized spacial score (nSPS) is 10.2. The van der Waals surface area contributed by atoms with Crippen LogP contribution in [0.4, 0.5) is 11.4 Å². The van der Waals surface area contributed by atoms with Crippen LogP contribution < -0.4 is 10.6 Å². The third-order valence-corrected chi connectivity index (χ3v) is 4.06. The van der Waals surface area contributed by atoms with E-state index in [-0.39, 0.29) is 17.7 Å². The second kappa shape index (κ2) is 7.89. The minimum atomic E-state index is -0.260. The average molecular weight is 360 g/mol. The molecule has 0 fully saturated rings. The zero-order valence-corrected chi connectivity index (χ0v) is 15.4. The summed E-state index contributed by atoms with van der Waals surface area (Å²) >= 11 is 1.53. The Balaban J connectivity index is 2.26. The van der Waals surface area contributed by atoms with Crippen LogP contribution in [0.1, 0.15) is 34.9 Å². The van der Waals surface area contributed by atoms with E-state index in [0.717, 1.165) is 10.7 Å². The molecule has 0 aliphatic heterocycles. The predicted molar refractivity (Wildman–Crippen MR) is 97.7 cm³/mol. The zero-order valence-electron chi connectivity index (χ0n) is 14.5. The van der Waals surface area contributed by atoms with Gasteiger partial charge in [0.05, 0.1) is 17.2 Å². The lowest BCUT2D eigenvalue weighted by Gasteiger charge is -2.17. The van der Waals surface area contributed by atoms with Gasteiger partial charge in [0.15, 0.2) is 0 Å². The third kappa shape index (κ3) is 5.39. The largest absolute Gasteiger partial charge is 0.336 e. The van der Waals surface area contributed by atoms with Crippen LogP contribution >= 0.6 is 11.3 Å². The molecule has 3 amide bonds. The molecule has 1 aromatic heterocycles. The standard InChI is InChI=1S/C17H20N4O3S/c1-10(22)18-14-5-13(6-15(7-14)19-11(2)23)17(24)21(4)8-16-9-25-12(3)20-16/h5-7,9H,8H2,1-4H3,(H,18,22)(H,19,23). The second-order valence-electron chi connectivity index (χ2n) is 5.68. The first kappa shape index (κ1) is 18.6. The summed E-state index contributed by atoms with van der Waals surface area (Å²) in [6.45, 7) is 5.04. The number of aromatic nitrogens is 1. The van der Waals surface area contributed by atoms with Gasteiger partial charge in [-0.1, -0.05) is 0 Å². The van der Waals surface area contributed by atoms with Gasteiger partial charge in [-0.2, -0.15) is 0 Å². The number of carbonyl (C=O) groups excluding carboxylic acids is 3. The van der Waals surface area contributed by atoms with E-state index in [0.29, 0.717) is 23.5 Å². The molecule has 132 valence electrons. The molecule has 2 aromatic rings. The first-order valence-electron chi connectivity index (χ1n) is 7.61. The smallest absolute Gasteiger partial charge is 0.254 e. The molecule has 8 heteroatoms.